The van der Waals surface area contributed by atoms with E-state index in [1.165, 1.54) is 0 Å². The predicted octanol–water partition coefficient (Wildman–Crippen LogP) is 2.95. The Morgan fingerprint density at radius 2 is 1.94 bits per heavy atom. The molecule has 0 amide bonds. The molecule has 1 aromatic carbocycles. The number of anilines is 1. The molecular weight excluding hydrogens is 250 g/mol. The minimum absolute atomic E-state index is 0.405. The molecule has 0 aliphatic heterocycles. The summed E-state index contributed by atoms with van der Waals surface area (Å²) < 4.78 is 7.09. The second-order valence-corrected chi connectivity index (χ2v) is 4.66. The van der Waals surface area contributed by atoms with E-state index in [-0.39, 0.29) is 0 Å². The lowest BCUT2D eigenvalue weighted by molar-refractivity contribution is 0.411. The number of nitrogen functional groups attached to an aromatic ring is 1. The van der Waals surface area contributed by atoms with E-state index in [2.05, 4.69) is 4.98 Å². The Balaban J connectivity index is 2.68. The van der Waals surface area contributed by atoms with Gasteiger partial charge in [-0.2, -0.15) is 0 Å². The van der Waals surface area contributed by atoms with Gasteiger partial charge in [-0.15, -0.1) is 0 Å². The standard InChI is InChI=1S/C13H16ClN3O/c1-7-6-10(18-4)8(2)5-9(7)11-12(14)16-13(15)17(11)3/h5-6H,1-4H3,(H2,15,16). The van der Waals surface area contributed by atoms with Gasteiger partial charge in [-0.25, -0.2) is 4.98 Å². The van der Waals surface area contributed by atoms with Gasteiger partial charge in [0.2, 0.25) is 5.95 Å². The van der Waals surface area contributed by atoms with Crippen LogP contribution in [-0.4, -0.2) is 16.7 Å². The molecule has 0 atom stereocenters. The monoisotopic (exact) mass is 265 g/mol. The van der Waals surface area contributed by atoms with E-state index in [1.807, 2.05) is 33.0 Å². The highest BCUT2D eigenvalue weighted by molar-refractivity contribution is 6.32. The summed E-state index contributed by atoms with van der Waals surface area (Å²) in [6.45, 7) is 4.01. The number of imidazole rings is 1. The number of nitrogens with zero attached hydrogens (tertiary/aromatic N) is 2. The first-order valence-electron chi connectivity index (χ1n) is 5.59. The van der Waals surface area contributed by atoms with Crippen molar-refractivity contribution in [1.29, 1.82) is 0 Å². The molecule has 0 radical (unpaired) electrons. The van der Waals surface area contributed by atoms with Gasteiger partial charge >= 0.3 is 0 Å². The van der Waals surface area contributed by atoms with E-state index in [1.54, 1.807) is 11.7 Å². The molecule has 1 aromatic heterocycles. The molecule has 1 heterocycles. The topological polar surface area (TPSA) is 53.1 Å². The van der Waals surface area contributed by atoms with Gasteiger partial charge in [0.15, 0.2) is 5.15 Å². The van der Waals surface area contributed by atoms with Gasteiger partial charge in [0.05, 0.1) is 12.8 Å². The first-order chi connectivity index (χ1) is 8.45. The molecule has 0 fully saturated rings. The van der Waals surface area contributed by atoms with Crippen LogP contribution in [0.15, 0.2) is 12.1 Å². The summed E-state index contributed by atoms with van der Waals surface area (Å²) >= 11 is 6.14. The van der Waals surface area contributed by atoms with Crippen molar-refractivity contribution in [2.45, 2.75) is 13.8 Å². The highest BCUT2D eigenvalue weighted by atomic mass is 35.5. The van der Waals surface area contributed by atoms with Crippen molar-refractivity contribution in [3.63, 3.8) is 0 Å². The molecule has 0 spiro atoms. The maximum Gasteiger partial charge on any atom is 0.201 e. The average molecular weight is 266 g/mol. The molecule has 4 nitrogen and oxygen atoms in total. The molecule has 2 rings (SSSR count). The zero-order chi connectivity index (χ0) is 13.4. The number of aryl methyl sites for hydroxylation is 2. The molecule has 2 N–H and O–H groups in total. The Kier molecular flexibility index (Phi) is 3.22. The van der Waals surface area contributed by atoms with Crippen LogP contribution in [0.2, 0.25) is 5.15 Å². The second-order valence-electron chi connectivity index (χ2n) is 4.31. The van der Waals surface area contributed by atoms with Gasteiger partial charge in [-0.1, -0.05) is 11.6 Å². The van der Waals surface area contributed by atoms with Crippen LogP contribution in [0.3, 0.4) is 0 Å². The van der Waals surface area contributed by atoms with Crippen LogP contribution in [-0.2, 0) is 7.05 Å². The van der Waals surface area contributed by atoms with E-state index in [9.17, 15) is 0 Å². The molecule has 0 saturated carbocycles. The molecule has 96 valence electrons. The summed E-state index contributed by atoms with van der Waals surface area (Å²) in [6.07, 6.45) is 0. The number of aromatic nitrogens is 2. The quantitative estimate of drug-likeness (QED) is 0.908. The molecule has 5 heteroatoms. The van der Waals surface area contributed by atoms with Crippen molar-refractivity contribution in [2.24, 2.45) is 7.05 Å². The predicted molar refractivity (Wildman–Crippen MR) is 74.1 cm³/mol. The average Bonchev–Trinajstić information content (AvgIpc) is 2.56. The molecular formula is C13H16ClN3O. The maximum atomic E-state index is 6.14. The molecule has 2 aromatic rings. The number of ether oxygens (including phenoxy) is 1. The van der Waals surface area contributed by atoms with Crippen LogP contribution in [0.25, 0.3) is 11.3 Å². The third kappa shape index (κ3) is 1.93. The highest BCUT2D eigenvalue weighted by Gasteiger charge is 2.16. The molecule has 18 heavy (non-hydrogen) atoms. The molecule has 0 aliphatic rings. The number of hydrogen-bond donors (Lipinski definition) is 1. The highest BCUT2D eigenvalue weighted by Crippen LogP contribution is 2.34. The number of hydrogen-bond acceptors (Lipinski definition) is 3. The van der Waals surface area contributed by atoms with Crippen molar-refractivity contribution in [1.82, 2.24) is 9.55 Å². The SMILES string of the molecule is COc1cc(C)c(-c2c(Cl)nc(N)n2C)cc1C. The van der Waals surface area contributed by atoms with Crippen LogP contribution < -0.4 is 10.5 Å². The third-order valence-corrected chi connectivity index (χ3v) is 3.35. The van der Waals surface area contributed by atoms with E-state index in [4.69, 9.17) is 22.1 Å². The molecule has 0 bridgehead atoms. The van der Waals surface area contributed by atoms with Crippen LogP contribution >= 0.6 is 11.6 Å². The lowest BCUT2D eigenvalue weighted by Crippen LogP contribution is -2.00. The van der Waals surface area contributed by atoms with Gasteiger partial charge in [-0.05, 0) is 37.1 Å². The fraction of sp³-hybridized carbons (Fsp3) is 0.308. The maximum absolute atomic E-state index is 6.14. The van der Waals surface area contributed by atoms with Gasteiger partial charge in [0.25, 0.3) is 0 Å². The third-order valence-electron chi connectivity index (χ3n) is 3.08. The Morgan fingerprint density at radius 3 is 2.44 bits per heavy atom. The van der Waals surface area contributed by atoms with Gasteiger partial charge < -0.3 is 15.0 Å². The van der Waals surface area contributed by atoms with Crippen LogP contribution in [0.1, 0.15) is 11.1 Å². The van der Waals surface area contributed by atoms with E-state index in [0.29, 0.717) is 11.1 Å². The minimum Gasteiger partial charge on any atom is -0.496 e. The summed E-state index contributed by atoms with van der Waals surface area (Å²) in [7, 11) is 3.51. The zero-order valence-corrected chi connectivity index (χ0v) is 11.7. The minimum atomic E-state index is 0.405. The Hall–Kier alpha value is -1.68. The van der Waals surface area contributed by atoms with Gasteiger partial charge in [-0.3, -0.25) is 0 Å². The van der Waals surface area contributed by atoms with E-state index < -0.39 is 0 Å². The number of methoxy groups -OCH3 is 1. The Morgan fingerprint density at radius 1 is 1.28 bits per heavy atom. The smallest absolute Gasteiger partial charge is 0.201 e. The van der Waals surface area contributed by atoms with Crippen molar-refractivity contribution < 1.29 is 4.74 Å². The summed E-state index contributed by atoms with van der Waals surface area (Å²) in [5.74, 6) is 1.27. The summed E-state index contributed by atoms with van der Waals surface area (Å²) in [5.41, 5.74) is 9.74. The van der Waals surface area contributed by atoms with E-state index in [0.717, 1.165) is 28.1 Å². The molecule has 0 saturated heterocycles. The largest absolute Gasteiger partial charge is 0.496 e. The van der Waals surface area contributed by atoms with E-state index >= 15 is 0 Å². The Labute approximate surface area is 111 Å². The van der Waals surface area contributed by atoms with Gasteiger partial charge in [0, 0.05) is 12.6 Å². The molecule has 0 unspecified atom stereocenters. The summed E-state index contributed by atoms with van der Waals surface area (Å²) in [4.78, 5) is 4.08. The molecule has 0 aliphatic carbocycles. The fourth-order valence-corrected chi connectivity index (χ4v) is 2.35. The number of nitrogens with two attached hydrogens (primary N) is 1. The van der Waals surface area contributed by atoms with Crippen LogP contribution in [0.4, 0.5) is 5.95 Å². The second kappa shape index (κ2) is 4.53. The summed E-state index contributed by atoms with van der Waals surface area (Å²) in [6, 6.07) is 4.03. The lowest BCUT2D eigenvalue weighted by atomic mass is 10.0. The number of rotatable bonds is 2. The fourth-order valence-electron chi connectivity index (χ4n) is 2.04. The zero-order valence-electron chi connectivity index (χ0n) is 10.9. The van der Waals surface area contributed by atoms with Crippen molar-refractivity contribution in [3.05, 3.63) is 28.4 Å². The van der Waals surface area contributed by atoms with Crippen molar-refractivity contribution >= 4 is 17.5 Å². The number of benzene rings is 1. The van der Waals surface area contributed by atoms with Gasteiger partial charge in [0.1, 0.15) is 5.75 Å². The van der Waals surface area contributed by atoms with Crippen LogP contribution in [0, 0.1) is 13.8 Å². The van der Waals surface area contributed by atoms with Crippen molar-refractivity contribution in [3.8, 4) is 17.0 Å². The lowest BCUT2D eigenvalue weighted by Gasteiger charge is -2.12. The Bertz CT molecular complexity index is 605. The number of halogens is 1. The first kappa shape index (κ1) is 12.8. The first-order valence-corrected chi connectivity index (χ1v) is 5.96. The normalized spacial score (nSPS) is 10.7. The summed E-state index contributed by atoms with van der Waals surface area (Å²) in [5, 5.41) is 0.419. The van der Waals surface area contributed by atoms with Crippen molar-refractivity contribution in [2.75, 3.05) is 12.8 Å². The van der Waals surface area contributed by atoms with Crippen LogP contribution in [0.5, 0.6) is 5.75 Å².